The minimum absolute atomic E-state index is 0.332. The number of hydrogen-bond donors (Lipinski definition) is 0. The van der Waals surface area contributed by atoms with Crippen LogP contribution in [0.3, 0.4) is 0 Å². The fourth-order valence-corrected chi connectivity index (χ4v) is 1.12. The number of carbonyl (C=O) groups excluding carboxylic acids is 1. The average molecular weight is 172 g/mol. The molecule has 2 nitrogen and oxygen atoms in total. The molecule has 0 unspecified atom stereocenters. The van der Waals surface area contributed by atoms with Gasteiger partial charge >= 0.3 is 5.97 Å². The van der Waals surface area contributed by atoms with Gasteiger partial charge in [0.1, 0.15) is 0 Å². The van der Waals surface area contributed by atoms with E-state index >= 15 is 0 Å². The molecule has 0 atom stereocenters. The van der Waals surface area contributed by atoms with Crippen molar-refractivity contribution in [2.45, 2.75) is 0 Å². The highest BCUT2D eigenvalue weighted by Crippen LogP contribution is 2.06. The molecule has 0 heterocycles. The van der Waals surface area contributed by atoms with Gasteiger partial charge in [-0.05, 0) is 0 Å². The molecule has 0 bridgehead atoms. The lowest BCUT2D eigenvalue weighted by molar-refractivity contribution is -0.135. The standard InChI is InChI=1S/C8H12O2S/c1-4-5-11-6-7(2)8(9)10-3/h4H,1-2,5-6H2,3H3. The first-order valence-corrected chi connectivity index (χ1v) is 4.32. The second-order valence-electron chi connectivity index (χ2n) is 1.90. The van der Waals surface area contributed by atoms with Crippen molar-refractivity contribution in [2.24, 2.45) is 0 Å². The van der Waals surface area contributed by atoms with Crippen LogP contribution in [-0.4, -0.2) is 24.6 Å². The summed E-state index contributed by atoms with van der Waals surface area (Å²) >= 11 is 1.59. The van der Waals surface area contributed by atoms with E-state index < -0.39 is 0 Å². The monoisotopic (exact) mass is 172 g/mol. The maximum Gasteiger partial charge on any atom is 0.333 e. The molecule has 0 radical (unpaired) electrons. The zero-order chi connectivity index (χ0) is 8.69. The smallest absolute Gasteiger partial charge is 0.333 e. The van der Waals surface area contributed by atoms with Gasteiger partial charge in [-0.2, -0.15) is 11.8 Å². The minimum Gasteiger partial charge on any atom is -0.466 e. The predicted molar refractivity (Wildman–Crippen MR) is 48.7 cm³/mol. The third kappa shape index (κ3) is 4.67. The molecule has 0 saturated carbocycles. The van der Waals surface area contributed by atoms with E-state index in [2.05, 4.69) is 17.9 Å². The molecule has 0 amide bonds. The van der Waals surface area contributed by atoms with Crippen molar-refractivity contribution in [3.8, 4) is 0 Å². The molecule has 0 aromatic rings. The summed E-state index contributed by atoms with van der Waals surface area (Å²) in [7, 11) is 1.35. The van der Waals surface area contributed by atoms with Gasteiger partial charge in [0.2, 0.25) is 0 Å². The lowest BCUT2D eigenvalue weighted by Crippen LogP contribution is -2.05. The molecule has 11 heavy (non-hydrogen) atoms. The number of methoxy groups -OCH3 is 1. The van der Waals surface area contributed by atoms with E-state index in [1.165, 1.54) is 7.11 Å². The van der Waals surface area contributed by atoms with Crippen LogP contribution in [0.25, 0.3) is 0 Å². The Morgan fingerprint density at radius 3 is 2.82 bits per heavy atom. The Morgan fingerprint density at radius 2 is 2.36 bits per heavy atom. The molecule has 0 N–H and O–H groups in total. The van der Waals surface area contributed by atoms with Gasteiger partial charge in [0.25, 0.3) is 0 Å². The van der Waals surface area contributed by atoms with Crippen LogP contribution in [0, 0.1) is 0 Å². The highest BCUT2D eigenvalue weighted by molar-refractivity contribution is 7.99. The number of hydrogen-bond acceptors (Lipinski definition) is 3. The Kier molecular flexibility index (Phi) is 5.65. The highest BCUT2D eigenvalue weighted by Gasteiger charge is 2.04. The van der Waals surface area contributed by atoms with Crippen molar-refractivity contribution < 1.29 is 9.53 Å². The number of esters is 1. The first-order valence-electron chi connectivity index (χ1n) is 3.17. The summed E-state index contributed by atoms with van der Waals surface area (Å²) in [5.74, 6) is 1.11. The summed E-state index contributed by atoms with van der Waals surface area (Å²) in [6.07, 6.45) is 1.79. The summed E-state index contributed by atoms with van der Waals surface area (Å²) in [5.41, 5.74) is 0.499. The molecule has 0 aromatic carbocycles. The van der Waals surface area contributed by atoms with Gasteiger partial charge in [0.05, 0.1) is 7.11 Å². The molecule has 0 spiro atoms. The molecule has 3 heteroatoms. The lowest BCUT2D eigenvalue weighted by atomic mass is 10.4. The Hall–Kier alpha value is -0.700. The lowest BCUT2D eigenvalue weighted by Gasteiger charge is -2.00. The van der Waals surface area contributed by atoms with Crippen LogP contribution < -0.4 is 0 Å². The second kappa shape index (κ2) is 6.04. The van der Waals surface area contributed by atoms with E-state index in [0.717, 1.165) is 5.75 Å². The van der Waals surface area contributed by atoms with E-state index in [4.69, 9.17) is 0 Å². The first-order chi connectivity index (χ1) is 5.22. The highest BCUT2D eigenvalue weighted by atomic mass is 32.2. The summed E-state index contributed by atoms with van der Waals surface area (Å²) in [6, 6.07) is 0. The third-order valence-electron chi connectivity index (χ3n) is 0.986. The van der Waals surface area contributed by atoms with Crippen LogP contribution in [0.1, 0.15) is 0 Å². The molecule has 0 saturated heterocycles. The maximum absolute atomic E-state index is 10.7. The Labute approximate surface area is 71.3 Å². The largest absolute Gasteiger partial charge is 0.466 e. The van der Waals surface area contributed by atoms with Crippen LogP contribution in [0.5, 0.6) is 0 Å². The van der Waals surface area contributed by atoms with Gasteiger partial charge in [-0.1, -0.05) is 12.7 Å². The van der Waals surface area contributed by atoms with E-state index in [0.29, 0.717) is 11.3 Å². The number of thioether (sulfide) groups is 1. The molecular weight excluding hydrogens is 160 g/mol. The van der Waals surface area contributed by atoms with E-state index in [-0.39, 0.29) is 5.97 Å². The number of carbonyl (C=O) groups is 1. The average Bonchev–Trinajstić information content (AvgIpc) is 2.03. The zero-order valence-corrected chi connectivity index (χ0v) is 7.45. The third-order valence-corrected chi connectivity index (χ3v) is 2.01. The summed E-state index contributed by atoms with van der Waals surface area (Å²) in [5, 5.41) is 0. The van der Waals surface area contributed by atoms with E-state index in [1.807, 2.05) is 0 Å². The SMILES string of the molecule is C=CCSCC(=C)C(=O)OC. The first kappa shape index (κ1) is 10.3. The molecule has 0 aromatic heterocycles. The maximum atomic E-state index is 10.7. The summed E-state index contributed by atoms with van der Waals surface area (Å²) in [6.45, 7) is 7.12. The van der Waals surface area contributed by atoms with Crippen molar-refractivity contribution >= 4 is 17.7 Å². The van der Waals surface area contributed by atoms with Gasteiger partial charge in [0, 0.05) is 17.1 Å². The molecule has 0 aliphatic rings. The topological polar surface area (TPSA) is 26.3 Å². The quantitative estimate of drug-likeness (QED) is 0.273. The van der Waals surface area contributed by atoms with Gasteiger partial charge in [0.15, 0.2) is 0 Å². The number of rotatable bonds is 5. The predicted octanol–water partition coefficient (Wildman–Crippen LogP) is 1.63. The second-order valence-corrected chi connectivity index (χ2v) is 2.93. The van der Waals surface area contributed by atoms with Crippen LogP contribution in [0.2, 0.25) is 0 Å². The van der Waals surface area contributed by atoms with Gasteiger partial charge in [-0.3, -0.25) is 0 Å². The molecule has 0 rings (SSSR count). The normalized spacial score (nSPS) is 8.82. The van der Waals surface area contributed by atoms with Crippen LogP contribution in [-0.2, 0) is 9.53 Å². The van der Waals surface area contributed by atoms with E-state index in [9.17, 15) is 4.79 Å². The Balaban J connectivity index is 3.52. The van der Waals surface area contributed by atoms with Crippen molar-refractivity contribution in [3.63, 3.8) is 0 Å². The Bertz CT molecular complexity index is 163. The Morgan fingerprint density at radius 1 is 1.73 bits per heavy atom. The molecule has 62 valence electrons. The minimum atomic E-state index is -0.332. The van der Waals surface area contributed by atoms with Crippen LogP contribution >= 0.6 is 11.8 Å². The van der Waals surface area contributed by atoms with Crippen LogP contribution in [0.4, 0.5) is 0 Å². The van der Waals surface area contributed by atoms with Crippen molar-refractivity contribution in [1.82, 2.24) is 0 Å². The number of ether oxygens (including phenoxy) is 1. The van der Waals surface area contributed by atoms with Crippen molar-refractivity contribution in [3.05, 3.63) is 24.8 Å². The molecule has 0 aliphatic heterocycles. The zero-order valence-electron chi connectivity index (χ0n) is 6.63. The fraction of sp³-hybridized carbons (Fsp3) is 0.375. The van der Waals surface area contributed by atoms with Gasteiger partial charge < -0.3 is 4.74 Å². The fourth-order valence-electron chi connectivity index (χ4n) is 0.469. The summed E-state index contributed by atoms with van der Waals surface area (Å²) < 4.78 is 4.47. The van der Waals surface area contributed by atoms with Gasteiger partial charge in [-0.25, -0.2) is 4.79 Å². The van der Waals surface area contributed by atoms with E-state index in [1.54, 1.807) is 17.8 Å². The molecule has 0 aliphatic carbocycles. The summed E-state index contributed by atoms with van der Waals surface area (Å²) in [4.78, 5) is 10.7. The molecular formula is C8H12O2S. The van der Waals surface area contributed by atoms with Crippen molar-refractivity contribution in [2.75, 3.05) is 18.6 Å². The van der Waals surface area contributed by atoms with Crippen LogP contribution in [0.15, 0.2) is 24.8 Å². The molecule has 0 fully saturated rings. The van der Waals surface area contributed by atoms with Gasteiger partial charge in [-0.15, -0.1) is 6.58 Å². The van der Waals surface area contributed by atoms with Crippen molar-refractivity contribution in [1.29, 1.82) is 0 Å².